The molecule has 0 spiro atoms. The van der Waals surface area contributed by atoms with Crippen molar-refractivity contribution >= 4 is 17.7 Å². The molecule has 9 heteroatoms. The SMILES string of the molecule is CC(C)(C)OC(=O)n1cccc1-c1ncc(C(=O)O)cc1[N+](=O)[O-]. The molecule has 0 fully saturated rings. The summed E-state index contributed by atoms with van der Waals surface area (Å²) in [5, 5.41) is 20.2. The van der Waals surface area contributed by atoms with E-state index < -0.39 is 28.3 Å². The van der Waals surface area contributed by atoms with Crippen LogP contribution in [0.1, 0.15) is 31.1 Å². The number of pyridine rings is 1. The van der Waals surface area contributed by atoms with Gasteiger partial charge in [-0.15, -0.1) is 0 Å². The topological polar surface area (TPSA) is 125 Å². The molecule has 0 aromatic carbocycles. The van der Waals surface area contributed by atoms with Crippen molar-refractivity contribution in [2.45, 2.75) is 26.4 Å². The Morgan fingerprint density at radius 3 is 2.58 bits per heavy atom. The smallest absolute Gasteiger partial charge is 0.419 e. The molecular weight excluding hydrogens is 318 g/mol. The van der Waals surface area contributed by atoms with Crippen LogP contribution in [0.2, 0.25) is 0 Å². The second-order valence-electron chi connectivity index (χ2n) is 5.90. The summed E-state index contributed by atoms with van der Waals surface area (Å²) in [6, 6.07) is 3.87. The molecule has 0 aliphatic carbocycles. The molecule has 2 rings (SSSR count). The van der Waals surface area contributed by atoms with Gasteiger partial charge in [-0.3, -0.25) is 14.7 Å². The molecule has 2 aromatic rings. The Labute approximate surface area is 136 Å². The lowest BCUT2D eigenvalue weighted by molar-refractivity contribution is -0.384. The molecule has 24 heavy (non-hydrogen) atoms. The van der Waals surface area contributed by atoms with Gasteiger partial charge in [0.15, 0.2) is 5.69 Å². The maximum Gasteiger partial charge on any atom is 0.419 e. The van der Waals surface area contributed by atoms with E-state index in [-0.39, 0.29) is 17.0 Å². The van der Waals surface area contributed by atoms with Crippen LogP contribution < -0.4 is 0 Å². The number of carboxylic acids is 1. The number of nitro groups is 1. The van der Waals surface area contributed by atoms with Gasteiger partial charge < -0.3 is 9.84 Å². The maximum absolute atomic E-state index is 12.2. The van der Waals surface area contributed by atoms with Gasteiger partial charge in [-0.2, -0.15) is 0 Å². The maximum atomic E-state index is 12.2. The second kappa shape index (κ2) is 6.11. The molecule has 9 nitrogen and oxygen atoms in total. The summed E-state index contributed by atoms with van der Waals surface area (Å²) < 4.78 is 6.32. The van der Waals surface area contributed by atoms with Crippen LogP contribution in [0.5, 0.6) is 0 Å². The lowest BCUT2D eigenvalue weighted by Gasteiger charge is -2.20. The van der Waals surface area contributed by atoms with Gasteiger partial charge in [-0.1, -0.05) is 0 Å². The molecule has 0 radical (unpaired) electrons. The van der Waals surface area contributed by atoms with Crippen molar-refractivity contribution in [3.8, 4) is 11.4 Å². The van der Waals surface area contributed by atoms with Crippen LogP contribution in [0.3, 0.4) is 0 Å². The fourth-order valence-electron chi connectivity index (χ4n) is 1.95. The third-order valence-corrected chi connectivity index (χ3v) is 2.89. The van der Waals surface area contributed by atoms with Gasteiger partial charge in [0.1, 0.15) is 5.60 Å². The van der Waals surface area contributed by atoms with Gasteiger partial charge in [0.2, 0.25) is 0 Å². The number of hydrogen-bond donors (Lipinski definition) is 1. The van der Waals surface area contributed by atoms with Gasteiger partial charge in [0.25, 0.3) is 5.69 Å². The minimum Gasteiger partial charge on any atom is -0.478 e. The number of carbonyl (C=O) groups is 2. The first-order valence-electron chi connectivity index (χ1n) is 6.89. The average molecular weight is 333 g/mol. The number of aromatic nitrogens is 2. The minimum absolute atomic E-state index is 0.124. The largest absolute Gasteiger partial charge is 0.478 e. The Morgan fingerprint density at radius 2 is 2.04 bits per heavy atom. The van der Waals surface area contributed by atoms with E-state index in [9.17, 15) is 19.7 Å². The standard InChI is InChI=1S/C15H15N3O6/c1-15(2,3)24-14(21)17-6-4-5-10(17)12-11(18(22)23)7-9(8-16-12)13(19)20/h4-8H,1-3H3,(H,19,20). The third kappa shape index (κ3) is 3.57. The predicted molar refractivity (Wildman–Crippen MR) is 82.9 cm³/mol. The first kappa shape index (κ1) is 17.1. The molecule has 1 N–H and O–H groups in total. The van der Waals surface area contributed by atoms with Crippen LogP contribution >= 0.6 is 0 Å². The van der Waals surface area contributed by atoms with Crippen LogP contribution in [0.15, 0.2) is 30.6 Å². The van der Waals surface area contributed by atoms with Crippen molar-refractivity contribution in [1.29, 1.82) is 0 Å². The average Bonchev–Trinajstić information content (AvgIpc) is 2.93. The number of carbonyl (C=O) groups excluding carboxylic acids is 1. The van der Waals surface area contributed by atoms with E-state index in [1.807, 2.05) is 0 Å². The van der Waals surface area contributed by atoms with E-state index in [0.717, 1.165) is 16.8 Å². The van der Waals surface area contributed by atoms with Crippen LogP contribution in [0.4, 0.5) is 10.5 Å². The lowest BCUT2D eigenvalue weighted by atomic mass is 10.2. The van der Waals surface area contributed by atoms with Crippen LogP contribution in [-0.2, 0) is 4.74 Å². The van der Waals surface area contributed by atoms with Crippen LogP contribution in [0.25, 0.3) is 11.4 Å². The normalized spacial score (nSPS) is 11.1. The monoisotopic (exact) mass is 333 g/mol. The summed E-state index contributed by atoms with van der Waals surface area (Å²) in [5.74, 6) is -1.33. The van der Waals surface area contributed by atoms with Crippen molar-refractivity contribution in [1.82, 2.24) is 9.55 Å². The number of rotatable bonds is 3. The molecule has 0 bridgehead atoms. The molecule has 126 valence electrons. The highest BCUT2D eigenvalue weighted by molar-refractivity contribution is 5.89. The van der Waals surface area contributed by atoms with Crippen molar-refractivity contribution in [2.24, 2.45) is 0 Å². The fourth-order valence-corrected chi connectivity index (χ4v) is 1.95. The zero-order valence-electron chi connectivity index (χ0n) is 13.2. The zero-order valence-corrected chi connectivity index (χ0v) is 13.2. The second-order valence-corrected chi connectivity index (χ2v) is 5.90. The summed E-state index contributed by atoms with van der Waals surface area (Å²) in [7, 11) is 0. The van der Waals surface area contributed by atoms with Crippen LogP contribution in [0, 0.1) is 10.1 Å². The van der Waals surface area contributed by atoms with E-state index >= 15 is 0 Å². The molecule has 0 saturated heterocycles. The number of ether oxygens (including phenoxy) is 1. The molecule has 0 aliphatic heterocycles. The number of carboxylic acid groups (broad SMARTS) is 1. The Bertz CT molecular complexity index is 819. The molecular formula is C15H15N3O6. The zero-order chi connectivity index (χ0) is 18.1. The Balaban J connectivity index is 2.54. The number of aromatic carboxylic acids is 1. The molecule has 2 heterocycles. The number of hydrogen-bond acceptors (Lipinski definition) is 6. The molecule has 0 saturated carbocycles. The minimum atomic E-state index is -1.33. The van der Waals surface area contributed by atoms with Gasteiger partial charge in [0.05, 0.1) is 16.2 Å². The van der Waals surface area contributed by atoms with Crippen molar-refractivity contribution in [3.63, 3.8) is 0 Å². The van der Waals surface area contributed by atoms with Crippen molar-refractivity contribution < 1.29 is 24.4 Å². The first-order valence-corrected chi connectivity index (χ1v) is 6.89. The summed E-state index contributed by atoms with van der Waals surface area (Å²) >= 11 is 0. The molecule has 2 aromatic heterocycles. The van der Waals surface area contributed by atoms with Gasteiger partial charge in [-0.05, 0) is 32.9 Å². The fraction of sp³-hybridized carbons (Fsp3) is 0.267. The number of nitrogens with zero attached hydrogens (tertiary/aromatic N) is 3. The predicted octanol–water partition coefficient (Wildman–Crippen LogP) is 2.94. The van der Waals surface area contributed by atoms with Crippen molar-refractivity contribution in [3.05, 3.63) is 46.3 Å². The van der Waals surface area contributed by atoms with Gasteiger partial charge in [-0.25, -0.2) is 14.6 Å². The highest BCUT2D eigenvalue weighted by Gasteiger charge is 2.25. The van der Waals surface area contributed by atoms with E-state index in [2.05, 4.69) is 4.98 Å². The highest BCUT2D eigenvalue weighted by Crippen LogP contribution is 2.29. The van der Waals surface area contributed by atoms with E-state index in [1.54, 1.807) is 20.8 Å². The third-order valence-electron chi connectivity index (χ3n) is 2.89. The highest BCUT2D eigenvalue weighted by atomic mass is 16.6. The molecule has 0 amide bonds. The Kier molecular flexibility index (Phi) is 4.36. The molecule has 0 aliphatic rings. The Morgan fingerprint density at radius 1 is 1.38 bits per heavy atom. The Hall–Kier alpha value is -3.23. The van der Waals surface area contributed by atoms with Crippen molar-refractivity contribution in [2.75, 3.05) is 0 Å². The first-order chi connectivity index (χ1) is 11.1. The summed E-state index contributed by atoms with van der Waals surface area (Å²) in [6.45, 7) is 5.07. The molecule has 0 unspecified atom stereocenters. The summed E-state index contributed by atoms with van der Waals surface area (Å²) in [4.78, 5) is 37.5. The van der Waals surface area contributed by atoms with E-state index in [1.165, 1.54) is 18.3 Å². The van der Waals surface area contributed by atoms with Gasteiger partial charge in [0, 0.05) is 18.5 Å². The van der Waals surface area contributed by atoms with E-state index in [4.69, 9.17) is 9.84 Å². The quantitative estimate of drug-likeness (QED) is 0.676. The lowest BCUT2D eigenvalue weighted by Crippen LogP contribution is -2.27. The van der Waals surface area contributed by atoms with Crippen LogP contribution in [-0.4, -0.2) is 37.2 Å². The van der Waals surface area contributed by atoms with E-state index in [0.29, 0.717) is 0 Å². The molecule has 0 atom stereocenters. The summed E-state index contributed by atoms with van der Waals surface area (Å²) in [6.07, 6.45) is 1.66. The van der Waals surface area contributed by atoms with Gasteiger partial charge >= 0.3 is 12.1 Å². The summed E-state index contributed by atoms with van der Waals surface area (Å²) in [5.41, 5.74) is -1.57.